The number of hydrogen-bond acceptors (Lipinski definition) is 6. The van der Waals surface area contributed by atoms with Gasteiger partial charge in [-0.3, -0.25) is 14.4 Å². The molecule has 2 rings (SSSR count). The molecule has 0 aromatic carbocycles. The van der Waals surface area contributed by atoms with Gasteiger partial charge in [-0.05, 0) is 0 Å². The lowest BCUT2D eigenvalue weighted by molar-refractivity contribution is -0.144. The summed E-state index contributed by atoms with van der Waals surface area (Å²) in [6.45, 7) is 0.251. The van der Waals surface area contributed by atoms with Gasteiger partial charge in [-0.25, -0.2) is 8.42 Å². The van der Waals surface area contributed by atoms with Crippen LogP contribution in [0.5, 0.6) is 0 Å². The number of ether oxygens (including phenoxy) is 1. The lowest BCUT2D eigenvalue weighted by Crippen LogP contribution is -2.52. The molecule has 0 aromatic rings. The maximum Gasteiger partial charge on any atom is 0.318 e. The van der Waals surface area contributed by atoms with Gasteiger partial charge in [0.2, 0.25) is 21.8 Å². The molecule has 2 unspecified atom stereocenters. The normalized spacial score (nSPS) is 24.9. The van der Waals surface area contributed by atoms with Crippen molar-refractivity contribution in [2.45, 2.75) is 12.5 Å². The van der Waals surface area contributed by atoms with Crippen LogP contribution in [-0.2, 0) is 29.1 Å². The molecule has 0 aromatic heterocycles. The second-order valence-electron chi connectivity index (χ2n) is 5.93. The van der Waals surface area contributed by atoms with E-state index >= 15 is 0 Å². The van der Waals surface area contributed by atoms with Crippen molar-refractivity contribution in [2.24, 2.45) is 5.92 Å². The molecule has 2 aliphatic rings. The number of amides is 2. The zero-order chi connectivity index (χ0) is 17.9. The number of sulfonamides is 1. The number of aliphatic carboxylic acids is 1. The average Bonchev–Trinajstić information content (AvgIpc) is 2.91. The molecule has 136 valence electrons. The van der Waals surface area contributed by atoms with Crippen molar-refractivity contribution in [3.05, 3.63) is 0 Å². The predicted octanol–water partition coefficient (Wildman–Crippen LogP) is -2.30. The molecule has 0 saturated carbocycles. The van der Waals surface area contributed by atoms with Crippen molar-refractivity contribution in [3.63, 3.8) is 0 Å². The Balaban J connectivity index is 1.97. The molecule has 0 radical (unpaired) electrons. The molecule has 2 aliphatic heterocycles. The molecule has 0 spiro atoms. The van der Waals surface area contributed by atoms with Crippen LogP contribution in [0.1, 0.15) is 6.42 Å². The second-order valence-corrected chi connectivity index (χ2v) is 7.91. The van der Waals surface area contributed by atoms with Crippen molar-refractivity contribution in [3.8, 4) is 0 Å². The van der Waals surface area contributed by atoms with Gasteiger partial charge in [0.05, 0.1) is 24.9 Å². The van der Waals surface area contributed by atoms with Gasteiger partial charge in [-0.2, -0.15) is 4.31 Å². The molecule has 2 atom stereocenters. The van der Waals surface area contributed by atoms with E-state index in [4.69, 9.17) is 9.84 Å². The number of carbonyl (C=O) groups is 3. The summed E-state index contributed by atoms with van der Waals surface area (Å²) in [5.74, 6) is -2.02. The van der Waals surface area contributed by atoms with Crippen LogP contribution in [0.2, 0.25) is 0 Å². The Labute approximate surface area is 139 Å². The van der Waals surface area contributed by atoms with Gasteiger partial charge in [-0.15, -0.1) is 0 Å². The average molecular weight is 363 g/mol. The zero-order valence-corrected chi connectivity index (χ0v) is 14.1. The molecule has 2 N–H and O–H groups in total. The number of carbonyl (C=O) groups excluding carboxylic acids is 2. The van der Waals surface area contributed by atoms with Crippen LogP contribution in [0.3, 0.4) is 0 Å². The lowest BCUT2D eigenvalue weighted by atomic mass is 10.1. The standard InChI is InChI=1S/C13H21N3O7S/c1-24(21,22)16(8-12(18)19)7-10-6-15(2-3-23-10)13(20)9-4-11(17)14-5-9/h9-10H,2-8H2,1H3,(H,14,17)(H,18,19). The highest BCUT2D eigenvalue weighted by Gasteiger charge is 2.35. The minimum absolute atomic E-state index is 0.142. The van der Waals surface area contributed by atoms with E-state index in [2.05, 4.69) is 5.32 Å². The molecule has 2 amide bonds. The Morgan fingerprint density at radius 2 is 2.17 bits per heavy atom. The number of carboxylic acid groups (broad SMARTS) is 1. The summed E-state index contributed by atoms with van der Waals surface area (Å²) < 4.78 is 29.7. The molecule has 2 saturated heterocycles. The van der Waals surface area contributed by atoms with Gasteiger partial charge in [0.15, 0.2) is 0 Å². The SMILES string of the molecule is CS(=O)(=O)N(CC(=O)O)CC1CN(C(=O)C2CNC(=O)C2)CCO1. The van der Waals surface area contributed by atoms with Crippen molar-refractivity contribution >= 4 is 27.8 Å². The fraction of sp³-hybridized carbons (Fsp3) is 0.769. The van der Waals surface area contributed by atoms with Gasteiger partial charge >= 0.3 is 5.97 Å². The van der Waals surface area contributed by atoms with Crippen molar-refractivity contribution < 1.29 is 32.6 Å². The van der Waals surface area contributed by atoms with Crippen LogP contribution >= 0.6 is 0 Å². The molecular weight excluding hydrogens is 342 g/mol. The summed E-state index contributed by atoms with van der Waals surface area (Å²) in [7, 11) is -3.71. The third kappa shape index (κ3) is 4.89. The van der Waals surface area contributed by atoms with Crippen LogP contribution < -0.4 is 5.32 Å². The smallest absolute Gasteiger partial charge is 0.318 e. The maximum absolute atomic E-state index is 12.4. The number of nitrogens with zero attached hydrogens (tertiary/aromatic N) is 2. The maximum atomic E-state index is 12.4. The van der Waals surface area contributed by atoms with E-state index < -0.39 is 34.6 Å². The third-order valence-electron chi connectivity index (χ3n) is 3.97. The lowest BCUT2D eigenvalue weighted by Gasteiger charge is -2.35. The van der Waals surface area contributed by atoms with Crippen molar-refractivity contribution in [1.82, 2.24) is 14.5 Å². The number of hydrogen-bond donors (Lipinski definition) is 2. The van der Waals surface area contributed by atoms with Crippen LogP contribution in [0.15, 0.2) is 0 Å². The summed E-state index contributed by atoms with van der Waals surface area (Å²) >= 11 is 0. The highest BCUT2D eigenvalue weighted by atomic mass is 32.2. The fourth-order valence-corrected chi connectivity index (χ4v) is 3.55. The fourth-order valence-electron chi connectivity index (χ4n) is 2.76. The second kappa shape index (κ2) is 7.45. The topological polar surface area (TPSA) is 133 Å². The molecule has 2 fully saturated rings. The molecule has 0 aliphatic carbocycles. The first kappa shape index (κ1) is 18.6. The summed E-state index contributed by atoms with van der Waals surface area (Å²) in [4.78, 5) is 36.0. The van der Waals surface area contributed by atoms with Gasteiger partial charge in [0.25, 0.3) is 0 Å². The van der Waals surface area contributed by atoms with Crippen LogP contribution in [0.25, 0.3) is 0 Å². The van der Waals surface area contributed by atoms with E-state index in [0.29, 0.717) is 13.1 Å². The first-order valence-corrected chi connectivity index (χ1v) is 9.35. The Bertz CT molecular complexity index is 621. The van der Waals surface area contributed by atoms with E-state index in [9.17, 15) is 22.8 Å². The summed E-state index contributed by atoms with van der Waals surface area (Å²) in [6, 6.07) is 0. The van der Waals surface area contributed by atoms with E-state index in [1.165, 1.54) is 0 Å². The molecule has 0 bridgehead atoms. The molecule has 2 heterocycles. The first-order chi connectivity index (χ1) is 11.2. The van der Waals surface area contributed by atoms with Crippen LogP contribution in [0, 0.1) is 5.92 Å². The van der Waals surface area contributed by atoms with E-state index in [1.807, 2.05) is 0 Å². The van der Waals surface area contributed by atoms with Crippen molar-refractivity contribution in [2.75, 3.05) is 45.6 Å². The quantitative estimate of drug-likeness (QED) is 0.542. The van der Waals surface area contributed by atoms with Crippen molar-refractivity contribution in [1.29, 1.82) is 0 Å². The third-order valence-corrected chi connectivity index (χ3v) is 5.18. The van der Waals surface area contributed by atoms with Gasteiger partial charge in [0.1, 0.15) is 6.54 Å². The Hall–Kier alpha value is -1.72. The van der Waals surface area contributed by atoms with E-state index in [1.54, 1.807) is 4.90 Å². The Morgan fingerprint density at radius 1 is 1.46 bits per heavy atom. The van der Waals surface area contributed by atoms with Gasteiger partial charge in [-0.1, -0.05) is 0 Å². The Kier molecular flexibility index (Phi) is 5.78. The largest absolute Gasteiger partial charge is 0.480 e. The zero-order valence-electron chi connectivity index (χ0n) is 13.3. The van der Waals surface area contributed by atoms with E-state index in [0.717, 1.165) is 10.6 Å². The Morgan fingerprint density at radius 3 is 2.71 bits per heavy atom. The van der Waals surface area contributed by atoms with Gasteiger partial charge in [0, 0.05) is 32.6 Å². The monoisotopic (exact) mass is 363 g/mol. The highest BCUT2D eigenvalue weighted by molar-refractivity contribution is 7.88. The minimum atomic E-state index is -3.71. The molecule has 11 heteroatoms. The number of carboxylic acids is 1. The number of morpholine rings is 1. The van der Waals surface area contributed by atoms with E-state index in [-0.39, 0.29) is 37.9 Å². The molecule has 24 heavy (non-hydrogen) atoms. The summed E-state index contributed by atoms with van der Waals surface area (Å²) in [5.41, 5.74) is 0. The highest BCUT2D eigenvalue weighted by Crippen LogP contribution is 2.16. The predicted molar refractivity (Wildman–Crippen MR) is 81.5 cm³/mol. The molecular formula is C13H21N3O7S. The van der Waals surface area contributed by atoms with Crippen LogP contribution in [-0.4, -0.2) is 92.2 Å². The minimum Gasteiger partial charge on any atom is -0.480 e. The summed E-state index contributed by atoms with van der Waals surface area (Å²) in [6.07, 6.45) is 0.467. The number of nitrogens with one attached hydrogen (secondary N) is 1. The number of rotatable bonds is 6. The van der Waals surface area contributed by atoms with Crippen LogP contribution in [0.4, 0.5) is 0 Å². The first-order valence-electron chi connectivity index (χ1n) is 7.51. The van der Waals surface area contributed by atoms with Gasteiger partial charge < -0.3 is 20.1 Å². The summed E-state index contributed by atoms with van der Waals surface area (Å²) in [5, 5.41) is 11.4. The molecule has 10 nitrogen and oxygen atoms in total.